The van der Waals surface area contributed by atoms with Crippen LogP contribution in [-0.2, 0) is 10.0 Å². The van der Waals surface area contributed by atoms with Gasteiger partial charge in [-0.2, -0.15) is 0 Å². The molecule has 0 atom stereocenters. The van der Waals surface area contributed by atoms with Crippen molar-refractivity contribution < 1.29 is 13.2 Å². The molecule has 17 heavy (non-hydrogen) atoms. The van der Waals surface area contributed by atoms with E-state index in [1.165, 1.54) is 31.2 Å². The number of carbonyl (C=O) groups excluding carboxylic acids is 1. The maximum absolute atomic E-state index is 11.8. The Morgan fingerprint density at radius 3 is 2.29 bits per heavy atom. The number of hydrogen-bond donors (Lipinski definition) is 1. The van der Waals surface area contributed by atoms with E-state index in [0.29, 0.717) is 12.1 Å². The summed E-state index contributed by atoms with van der Waals surface area (Å²) in [6.45, 7) is 3.88. The highest BCUT2D eigenvalue weighted by atomic mass is 32.2. The van der Waals surface area contributed by atoms with Crippen LogP contribution in [-0.4, -0.2) is 20.7 Å². The molecule has 0 aliphatic heterocycles. The van der Waals surface area contributed by atoms with Crippen LogP contribution in [0.2, 0.25) is 0 Å². The van der Waals surface area contributed by atoms with E-state index in [9.17, 15) is 13.2 Å². The highest BCUT2D eigenvalue weighted by Crippen LogP contribution is 2.10. The van der Waals surface area contributed by atoms with Crippen molar-refractivity contribution >= 4 is 15.8 Å². The van der Waals surface area contributed by atoms with Crippen molar-refractivity contribution in [2.75, 3.05) is 6.54 Å². The van der Waals surface area contributed by atoms with Crippen LogP contribution in [0.3, 0.4) is 0 Å². The van der Waals surface area contributed by atoms with Crippen molar-refractivity contribution in [2.24, 2.45) is 0 Å². The van der Waals surface area contributed by atoms with Crippen molar-refractivity contribution in [3.8, 4) is 0 Å². The number of carbonyl (C=O) groups is 1. The SMILES string of the molecule is CCCCNS(=O)(=O)c1ccc(C(C)=O)cc1. The van der Waals surface area contributed by atoms with Gasteiger partial charge in [0.25, 0.3) is 0 Å². The number of sulfonamides is 1. The van der Waals surface area contributed by atoms with Gasteiger partial charge >= 0.3 is 0 Å². The zero-order chi connectivity index (χ0) is 12.9. The molecule has 0 heterocycles. The normalized spacial score (nSPS) is 11.4. The van der Waals surface area contributed by atoms with Gasteiger partial charge in [0, 0.05) is 12.1 Å². The van der Waals surface area contributed by atoms with E-state index in [1.54, 1.807) is 0 Å². The number of rotatable bonds is 6. The fourth-order valence-corrected chi connectivity index (χ4v) is 2.41. The standard InChI is InChI=1S/C12H17NO3S/c1-3-4-9-13-17(15,16)12-7-5-11(6-8-12)10(2)14/h5-8,13H,3-4,9H2,1-2H3. The molecule has 0 aliphatic carbocycles. The predicted molar refractivity (Wildman–Crippen MR) is 66.5 cm³/mol. The van der Waals surface area contributed by atoms with E-state index < -0.39 is 10.0 Å². The summed E-state index contributed by atoms with van der Waals surface area (Å²) >= 11 is 0. The number of nitrogens with one attached hydrogen (secondary N) is 1. The van der Waals surface area contributed by atoms with E-state index in [2.05, 4.69) is 4.72 Å². The lowest BCUT2D eigenvalue weighted by molar-refractivity contribution is 0.101. The van der Waals surface area contributed by atoms with E-state index in [1.807, 2.05) is 6.92 Å². The van der Waals surface area contributed by atoms with Crippen LogP contribution >= 0.6 is 0 Å². The third kappa shape index (κ3) is 3.94. The van der Waals surface area contributed by atoms with Crippen molar-refractivity contribution in [3.05, 3.63) is 29.8 Å². The Kier molecular flexibility index (Phi) is 4.84. The highest BCUT2D eigenvalue weighted by molar-refractivity contribution is 7.89. The Morgan fingerprint density at radius 2 is 1.82 bits per heavy atom. The number of Topliss-reactive ketones (excluding diaryl/α,β-unsaturated/α-hetero) is 1. The number of ketones is 1. The molecule has 0 saturated heterocycles. The highest BCUT2D eigenvalue weighted by Gasteiger charge is 2.13. The maximum atomic E-state index is 11.8. The first kappa shape index (κ1) is 13.9. The van der Waals surface area contributed by atoms with Crippen LogP contribution < -0.4 is 4.72 Å². The third-order valence-electron chi connectivity index (χ3n) is 2.39. The van der Waals surface area contributed by atoms with Gasteiger partial charge in [0.05, 0.1) is 4.90 Å². The second-order valence-electron chi connectivity index (χ2n) is 3.83. The van der Waals surface area contributed by atoms with Crippen molar-refractivity contribution in [1.82, 2.24) is 4.72 Å². The Balaban J connectivity index is 2.81. The molecule has 0 aliphatic rings. The van der Waals surface area contributed by atoms with E-state index >= 15 is 0 Å². The monoisotopic (exact) mass is 255 g/mol. The summed E-state index contributed by atoms with van der Waals surface area (Å²) in [6, 6.07) is 5.95. The molecule has 1 rings (SSSR count). The van der Waals surface area contributed by atoms with Gasteiger partial charge in [-0.05, 0) is 25.5 Å². The smallest absolute Gasteiger partial charge is 0.240 e. The Morgan fingerprint density at radius 1 is 1.24 bits per heavy atom. The molecule has 4 nitrogen and oxygen atoms in total. The van der Waals surface area contributed by atoms with Crippen LogP contribution in [0, 0.1) is 0 Å². The molecule has 0 unspecified atom stereocenters. The summed E-state index contributed by atoms with van der Waals surface area (Å²) in [7, 11) is -3.44. The number of unbranched alkanes of at least 4 members (excludes halogenated alkanes) is 1. The van der Waals surface area contributed by atoms with E-state index in [0.717, 1.165) is 12.8 Å². The van der Waals surface area contributed by atoms with Crippen molar-refractivity contribution in [2.45, 2.75) is 31.6 Å². The molecule has 1 aromatic carbocycles. The molecular weight excluding hydrogens is 238 g/mol. The van der Waals surface area contributed by atoms with Crippen LogP contribution in [0.15, 0.2) is 29.2 Å². The molecule has 0 bridgehead atoms. The Hall–Kier alpha value is -1.20. The minimum atomic E-state index is -3.44. The molecule has 94 valence electrons. The van der Waals surface area contributed by atoms with Crippen LogP contribution in [0.5, 0.6) is 0 Å². The fourth-order valence-electron chi connectivity index (χ4n) is 1.34. The number of benzene rings is 1. The minimum absolute atomic E-state index is 0.0760. The second kappa shape index (κ2) is 5.93. The number of hydrogen-bond acceptors (Lipinski definition) is 3. The Bertz CT molecular complexity index is 477. The Labute approximate surface area is 102 Å². The minimum Gasteiger partial charge on any atom is -0.295 e. The lowest BCUT2D eigenvalue weighted by atomic mass is 10.2. The zero-order valence-corrected chi connectivity index (χ0v) is 10.9. The molecular formula is C12H17NO3S. The topological polar surface area (TPSA) is 63.2 Å². The third-order valence-corrected chi connectivity index (χ3v) is 3.87. The fraction of sp³-hybridized carbons (Fsp3) is 0.417. The van der Waals surface area contributed by atoms with E-state index in [-0.39, 0.29) is 10.7 Å². The molecule has 1 N–H and O–H groups in total. The van der Waals surface area contributed by atoms with Gasteiger partial charge in [-0.25, -0.2) is 13.1 Å². The van der Waals surface area contributed by atoms with Crippen LogP contribution in [0.1, 0.15) is 37.0 Å². The van der Waals surface area contributed by atoms with Gasteiger partial charge in [-0.15, -0.1) is 0 Å². The lowest BCUT2D eigenvalue weighted by Gasteiger charge is -2.06. The summed E-state index contributed by atoms with van der Waals surface area (Å²) in [5.41, 5.74) is 0.512. The van der Waals surface area contributed by atoms with Gasteiger partial charge in [-0.3, -0.25) is 4.79 Å². The van der Waals surface area contributed by atoms with Gasteiger partial charge in [0.15, 0.2) is 5.78 Å². The molecule has 0 aromatic heterocycles. The summed E-state index contributed by atoms with van der Waals surface area (Å²) in [5.74, 6) is -0.0760. The molecule has 0 amide bonds. The van der Waals surface area contributed by atoms with Gasteiger partial charge in [0.2, 0.25) is 10.0 Å². The maximum Gasteiger partial charge on any atom is 0.240 e. The van der Waals surface area contributed by atoms with E-state index in [4.69, 9.17) is 0 Å². The average Bonchev–Trinajstić information content (AvgIpc) is 2.29. The van der Waals surface area contributed by atoms with Crippen molar-refractivity contribution in [3.63, 3.8) is 0 Å². The summed E-state index contributed by atoms with van der Waals surface area (Å²) in [5, 5.41) is 0. The van der Waals surface area contributed by atoms with Gasteiger partial charge in [-0.1, -0.05) is 25.5 Å². The zero-order valence-electron chi connectivity index (χ0n) is 10.1. The summed E-state index contributed by atoms with van der Waals surface area (Å²) in [6.07, 6.45) is 1.75. The average molecular weight is 255 g/mol. The van der Waals surface area contributed by atoms with Gasteiger partial charge < -0.3 is 0 Å². The summed E-state index contributed by atoms with van der Waals surface area (Å²) in [4.78, 5) is 11.2. The quantitative estimate of drug-likeness (QED) is 0.624. The first-order chi connectivity index (χ1) is 7.97. The first-order valence-corrected chi connectivity index (χ1v) is 7.06. The molecule has 0 fully saturated rings. The first-order valence-electron chi connectivity index (χ1n) is 5.58. The molecule has 0 saturated carbocycles. The van der Waals surface area contributed by atoms with Crippen molar-refractivity contribution in [1.29, 1.82) is 0 Å². The largest absolute Gasteiger partial charge is 0.295 e. The van der Waals surface area contributed by atoms with Crippen LogP contribution in [0.25, 0.3) is 0 Å². The lowest BCUT2D eigenvalue weighted by Crippen LogP contribution is -2.24. The molecule has 5 heteroatoms. The molecule has 1 aromatic rings. The van der Waals surface area contributed by atoms with Crippen LogP contribution in [0.4, 0.5) is 0 Å². The molecule has 0 spiro atoms. The summed E-state index contributed by atoms with van der Waals surface area (Å²) < 4.78 is 26.1. The predicted octanol–water partition coefficient (Wildman–Crippen LogP) is 1.97. The van der Waals surface area contributed by atoms with Gasteiger partial charge in [0.1, 0.15) is 0 Å². The molecule has 0 radical (unpaired) electrons. The second-order valence-corrected chi connectivity index (χ2v) is 5.60.